The van der Waals surface area contributed by atoms with Crippen molar-refractivity contribution in [3.05, 3.63) is 0 Å². The van der Waals surface area contributed by atoms with Gasteiger partial charge < -0.3 is 15.2 Å². The molecule has 1 spiro atoms. The van der Waals surface area contributed by atoms with Gasteiger partial charge in [-0.3, -0.25) is 4.79 Å². The molecular weight excluding hydrogens is 206 g/mol. The molecule has 0 aromatic heterocycles. The Morgan fingerprint density at radius 1 is 1.50 bits per heavy atom. The van der Waals surface area contributed by atoms with Gasteiger partial charge in [0.1, 0.15) is 0 Å². The van der Waals surface area contributed by atoms with Crippen LogP contribution in [0.4, 0.5) is 0 Å². The van der Waals surface area contributed by atoms with E-state index in [4.69, 9.17) is 9.84 Å². The Hall–Kier alpha value is -0.610. The van der Waals surface area contributed by atoms with Crippen LogP contribution in [0.5, 0.6) is 0 Å². The van der Waals surface area contributed by atoms with Crippen molar-refractivity contribution in [1.82, 2.24) is 5.32 Å². The molecule has 1 saturated heterocycles. The number of amides is 1. The van der Waals surface area contributed by atoms with E-state index in [1.165, 1.54) is 0 Å². The lowest BCUT2D eigenvalue weighted by molar-refractivity contribution is -0.124. The Morgan fingerprint density at radius 3 is 2.75 bits per heavy atom. The van der Waals surface area contributed by atoms with Crippen molar-refractivity contribution in [1.29, 1.82) is 0 Å². The summed E-state index contributed by atoms with van der Waals surface area (Å²) in [5.41, 5.74) is 0.00590. The van der Waals surface area contributed by atoms with Crippen molar-refractivity contribution < 1.29 is 14.6 Å². The van der Waals surface area contributed by atoms with Gasteiger partial charge in [-0.1, -0.05) is 0 Å². The first-order valence-electron chi connectivity index (χ1n) is 6.11. The Bertz CT molecular complexity index is 259. The van der Waals surface area contributed by atoms with Crippen LogP contribution in [-0.4, -0.2) is 36.9 Å². The van der Waals surface area contributed by atoms with E-state index in [1.54, 1.807) is 7.11 Å². The van der Waals surface area contributed by atoms with Crippen molar-refractivity contribution in [3.8, 4) is 0 Å². The Morgan fingerprint density at radius 2 is 2.19 bits per heavy atom. The molecule has 2 aliphatic rings. The molecule has 2 N–H and O–H groups in total. The number of nitrogens with one attached hydrogen (secondary N) is 1. The van der Waals surface area contributed by atoms with Crippen LogP contribution in [0.1, 0.15) is 32.1 Å². The van der Waals surface area contributed by atoms with Crippen LogP contribution < -0.4 is 5.32 Å². The summed E-state index contributed by atoms with van der Waals surface area (Å²) in [6.45, 7) is 0.808. The van der Waals surface area contributed by atoms with Gasteiger partial charge in [0.2, 0.25) is 5.91 Å². The maximum atomic E-state index is 11.7. The summed E-state index contributed by atoms with van der Waals surface area (Å²) in [4.78, 5) is 11.7. The number of ether oxygens (including phenoxy) is 1. The molecule has 1 atom stereocenters. The summed E-state index contributed by atoms with van der Waals surface area (Å²) < 4.78 is 5.07. The van der Waals surface area contributed by atoms with Crippen LogP contribution in [0, 0.1) is 11.8 Å². The second-order valence-corrected chi connectivity index (χ2v) is 5.25. The van der Waals surface area contributed by atoms with E-state index in [0.29, 0.717) is 12.5 Å². The van der Waals surface area contributed by atoms with Crippen LogP contribution in [-0.2, 0) is 9.53 Å². The fourth-order valence-electron chi connectivity index (χ4n) is 3.06. The van der Waals surface area contributed by atoms with Gasteiger partial charge in [0.15, 0.2) is 0 Å². The van der Waals surface area contributed by atoms with E-state index in [2.05, 4.69) is 5.32 Å². The minimum Gasteiger partial charge on any atom is -0.396 e. The van der Waals surface area contributed by atoms with Gasteiger partial charge in [-0.25, -0.2) is 0 Å². The van der Waals surface area contributed by atoms with Gasteiger partial charge in [-0.05, 0) is 38.0 Å². The third-order valence-corrected chi connectivity index (χ3v) is 4.08. The van der Waals surface area contributed by atoms with Gasteiger partial charge >= 0.3 is 0 Å². The fourth-order valence-corrected chi connectivity index (χ4v) is 3.06. The van der Waals surface area contributed by atoms with E-state index in [0.717, 1.165) is 32.1 Å². The lowest BCUT2D eigenvalue weighted by Crippen LogP contribution is -2.44. The predicted octanol–water partition coefficient (Wildman–Crippen LogP) is 0.690. The van der Waals surface area contributed by atoms with Crippen molar-refractivity contribution in [2.75, 3.05) is 20.3 Å². The molecule has 0 aromatic carbocycles. The zero-order valence-corrected chi connectivity index (χ0v) is 9.87. The van der Waals surface area contributed by atoms with E-state index in [1.807, 2.05) is 0 Å². The van der Waals surface area contributed by atoms with Crippen LogP contribution in [0.15, 0.2) is 0 Å². The van der Waals surface area contributed by atoms with Crippen molar-refractivity contribution >= 4 is 5.91 Å². The summed E-state index contributed by atoms with van der Waals surface area (Å²) >= 11 is 0. The monoisotopic (exact) mass is 227 g/mol. The molecule has 92 valence electrons. The second-order valence-electron chi connectivity index (χ2n) is 5.25. The number of carbonyl (C=O) groups excluding carboxylic acids is 1. The number of rotatable bonds is 3. The molecule has 1 amide bonds. The van der Waals surface area contributed by atoms with Crippen molar-refractivity contribution in [2.45, 2.75) is 37.6 Å². The topological polar surface area (TPSA) is 58.6 Å². The third kappa shape index (κ3) is 2.23. The Balaban J connectivity index is 1.94. The number of aliphatic hydroxyl groups excluding tert-OH is 1. The van der Waals surface area contributed by atoms with Crippen LogP contribution >= 0.6 is 0 Å². The summed E-state index contributed by atoms with van der Waals surface area (Å²) in [5, 5.41) is 12.3. The van der Waals surface area contributed by atoms with Gasteiger partial charge in [0, 0.05) is 19.3 Å². The average Bonchev–Trinajstić information content (AvgIpc) is 2.57. The van der Waals surface area contributed by atoms with E-state index in [-0.39, 0.29) is 24.0 Å². The molecule has 4 heteroatoms. The fraction of sp³-hybridized carbons (Fsp3) is 0.917. The molecule has 4 nitrogen and oxygen atoms in total. The lowest BCUT2D eigenvalue weighted by Gasteiger charge is -2.36. The molecule has 16 heavy (non-hydrogen) atoms. The van der Waals surface area contributed by atoms with Gasteiger partial charge in [0.05, 0.1) is 12.5 Å². The van der Waals surface area contributed by atoms with Crippen LogP contribution in [0.25, 0.3) is 0 Å². The Kier molecular flexibility index (Phi) is 3.50. The summed E-state index contributed by atoms with van der Waals surface area (Å²) in [5.74, 6) is 0.601. The number of methoxy groups -OCH3 is 1. The highest BCUT2D eigenvalue weighted by atomic mass is 16.5. The summed E-state index contributed by atoms with van der Waals surface area (Å²) in [6.07, 6.45) is 4.96. The smallest absolute Gasteiger partial charge is 0.225 e. The van der Waals surface area contributed by atoms with Crippen LogP contribution in [0.3, 0.4) is 0 Å². The van der Waals surface area contributed by atoms with Crippen LogP contribution in [0.2, 0.25) is 0 Å². The first-order chi connectivity index (χ1) is 7.69. The molecule has 1 aliphatic carbocycles. The highest BCUT2D eigenvalue weighted by Crippen LogP contribution is 2.39. The SMILES string of the molecule is COC[C@H]1C[C@]2(CC[C@@H](CO)CC2)NC1=O. The maximum absolute atomic E-state index is 11.7. The zero-order valence-electron chi connectivity index (χ0n) is 9.87. The molecule has 1 aliphatic heterocycles. The zero-order chi connectivity index (χ0) is 11.6. The minimum atomic E-state index is 0.00590. The third-order valence-electron chi connectivity index (χ3n) is 4.08. The van der Waals surface area contributed by atoms with E-state index >= 15 is 0 Å². The molecule has 0 radical (unpaired) electrons. The molecular formula is C12H21NO3. The maximum Gasteiger partial charge on any atom is 0.225 e. The molecule has 0 unspecified atom stereocenters. The lowest BCUT2D eigenvalue weighted by atomic mass is 9.75. The first-order valence-corrected chi connectivity index (χ1v) is 6.11. The van der Waals surface area contributed by atoms with E-state index < -0.39 is 0 Å². The standard InChI is InChI=1S/C12H21NO3/c1-16-8-10-6-12(13-11(10)15)4-2-9(7-14)3-5-12/h9-10,14H,2-8H2,1H3,(H,13,15)/t9-,10-,12-/m1/s1. The average molecular weight is 227 g/mol. The number of aliphatic hydroxyl groups is 1. The largest absolute Gasteiger partial charge is 0.396 e. The molecule has 0 bridgehead atoms. The van der Waals surface area contributed by atoms with E-state index in [9.17, 15) is 4.79 Å². The van der Waals surface area contributed by atoms with Gasteiger partial charge in [-0.2, -0.15) is 0 Å². The first kappa shape index (κ1) is 11.9. The summed E-state index contributed by atoms with van der Waals surface area (Å²) in [6, 6.07) is 0. The number of hydrogen-bond acceptors (Lipinski definition) is 3. The molecule has 1 saturated carbocycles. The van der Waals surface area contributed by atoms with Crippen molar-refractivity contribution in [2.24, 2.45) is 11.8 Å². The van der Waals surface area contributed by atoms with Crippen molar-refractivity contribution in [3.63, 3.8) is 0 Å². The quantitative estimate of drug-likeness (QED) is 0.746. The molecule has 2 fully saturated rings. The summed E-state index contributed by atoms with van der Waals surface area (Å²) in [7, 11) is 1.64. The highest BCUT2D eigenvalue weighted by Gasteiger charge is 2.45. The predicted molar refractivity (Wildman–Crippen MR) is 59.9 cm³/mol. The molecule has 2 rings (SSSR count). The Labute approximate surface area is 96.4 Å². The second kappa shape index (κ2) is 4.72. The molecule has 0 aromatic rings. The van der Waals surface area contributed by atoms with Gasteiger partial charge in [-0.15, -0.1) is 0 Å². The number of hydrogen-bond donors (Lipinski definition) is 2. The van der Waals surface area contributed by atoms with Gasteiger partial charge in [0.25, 0.3) is 0 Å². The highest BCUT2D eigenvalue weighted by molar-refractivity contribution is 5.82. The number of carbonyl (C=O) groups is 1. The minimum absolute atomic E-state index is 0.00590. The normalized spacial score (nSPS) is 39.0. The molecule has 1 heterocycles.